The first-order chi connectivity index (χ1) is 8.85. The fourth-order valence-corrected chi connectivity index (χ4v) is 3.61. The molecule has 3 rings (SSSR count). The second kappa shape index (κ2) is 4.01. The number of aromatic nitrogens is 1. The molecule has 0 aromatic carbocycles. The molecule has 1 aromatic rings. The Morgan fingerprint density at radius 3 is 2.74 bits per heavy atom. The van der Waals surface area contributed by atoms with Gasteiger partial charge in [0.05, 0.1) is 10.9 Å². The summed E-state index contributed by atoms with van der Waals surface area (Å²) in [5.41, 5.74) is 2.37. The standard InChI is InChI=1S/C14H19FN2OS/c1-8(19-4)16-6-9-10-5-14(2,3)7-17(10)12(15)11(9)13(16)18/h8H,5-7H2,1-4H3. The summed E-state index contributed by atoms with van der Waals surface area (Å²) in [6.07, 6.45) is 2.83. The molecule has 5 heteroatoms. The Labute approximate surface area is 117 Å². The van der Waals surface area contributed by atoms with E-state index in [2.05, 4.69) is 13.8 Å². The fraction of sp³-hybridized carbons (Fsp3) is 0.643. The van der Waals surface area contributed by atoms with E-state index < -0.39 is 0 Å². The van der Waals surface area contributed by atoms with Crippen molar-refractivity contribution in [3.05, 3.63) is 22.8 Å². The molecule has 2 aliphatic heterocycles. The van der Waals surface area contributed by atoms with E-state index in [1.807, 2.05) is 13.2 Å². The van der Waals surface area contributed by atoms with Gasteiger partial charge in [-0.15, -0.1) is 11.8 Å². The largest absolute Gasteiger partial charge is 0.322 e. The number of nitrogens with zero attached hydrogens (tertiary/aromatic N) is 2. The van der Waals surface area contributed by atoms with Gasteiger partial charge in [0.15, 0.2) is 0 Å². The van der Waals surface area contributed by atoms with Gasteiger partial charge in [-0.2, -0.15) is 4.39 Å². The summed E-state index contributed by atoms with van der Waals surface area (Å²) >= 11 is 1.61. The molecule has 1 aromatic heterocycles. The van der Waals surface area contributed by atoms with Gasteiger partial charge in [-0.05, 0) is 25.0 Å². The Bertz CT molecular complexity index is 564. The number of hydrogen-bond donors (Lipinski definition) is 0. The molecule has 0 saturated carbocycles. The Kier molecular flexibility index (Phi) is 2.75. The monoisotopic (exact) mass is 282 g/mol. The first kappa shape index (κ1) is 13.0. The van der Waals surface area contributed by atoms with Gasteiger partial charge in [-0.3, -0.25) is 4.79 Å². The van der Waals surface area contributed by atoms with E-state index in [1.54, 1.807) is 21.2 Å². The molecule has 104 valence electrons. The highest BCUT2D eigenvalue weighted by Crippen LogP contribution is 2.41. The minimum Gasteiger partial charge on any atom is -0.322 e. The van der Waals surface area contributed by atoms with Gasteiger partial charge in [0, 0.05) is 24.3 Å². The molecule has 0 radical (unpaired) electrons. The molecular formula is C14H19FN2OS. The Morgan fingerprint density at radius 2 is 2.11 bits per heavy atom. The summed E-state index contributed by atoms with van der Waals surface area (Å²) in [5.74, 6) is -0.467. The zero-order valence-corrected chi connectivity index (χ0v) is 12.6. The van der Waals surface area contributed by atoms with Crippen molar-refractivity contribution in [1.29, 1.82) is 0 Å². The fourth-order valence-electron chi connectivity index (χ4n) is 3.18. The second-order valence-electron chi connectivity index (χ2n) is 6.29. The smallest absolute Gasteiger partial charge is 0.260 e. The molecule has 1 atom stereocenters. The third kappa shape index (κ3) is 1.74. The van der Waals surface area contributed by atoms with Crippen LogP contribution in [0.3, 0.4) is 0 Å². The van der Waals surface area contributed by atoms with E-state index in [4.69, 9.17) is 0 Å². The lowest BCUT2D eigenvalue weighted by Crippen LogP contribution is -2.31. The van der Waals surface area contributed by atoms with Crippen LogP contribution in [0.15, 0.2) is 0 Å². The zero-order valence-electron chi connectivity index (χ0n) is 11.8. The topological polar surface area (TPSA) is 25.2 Å². The number of carbonyl (C=O) groups is 1. The molecular weight excluding hydrogens is 263 g/mol. The van der Waals surface area contributed by atoms with Crippen LogP contribution >= 0.6 is 11.8 Å². The highest BCUT2D eigenvalue weighted by molar-refractivity contribution is 7.99. The van der Waals surface area contributed by atoms with Gasteiger partial charge in [-0.25, -0.2) is 0 Å². The van der Waals surface area contributed by atoms with Crippen molar-refractivity contribution >= 4 is 17.7 Å². The normalized spacial score (nSPS) is 21.7. The number of thioether (sulfide) groups is 1. The summed E-state index contributed by atoms with van der Waals surface area (Å²) in [4.78, 5) is 14.1. The first-order valence-electron chi connectivity index (χ1n) is 6.59. The van der Waals surface area contributed by atoms with Gasteiger partial charge in [0.2, 0.25) is 5.95 Å². The second-order valence-corrected chi connectivity index (χ2v) is 7.44. The SMILES string of the molecule is CSC(C)N1Cc2c(c(F)n3c2CC(C)(C)C3)C1=O. The Balaban J connectivity index is 2.03. The highest BCUT2D eigenvalue weighted by atomic mass is 32.2. The molecule has 2 aliphatic rings. The van der Waals surface area contributed by atoms with E-state index >= 15 is 0 Å². The van der Waals surface area contributed by atoms with Gasteiger partial charge in [-0.1, -0.05) is 13.8 Å². The molecule has 0 fully saturated rings. The van der Waals surface area contributed by atoms with E-state index in [0.717, 1.165) is 17.7 Å². The minimum atomic E-state index is -0.323. The maximum Gasteiger partial charge on any atom is 0.260 e. The number of rotatable bonds is 2. The molecule has 3 nitrogen and oxygen atoms in total. The molecule has 1 amide bonds. The van der Waals surface area contributed by atoms with Crippen LogP contribution < -0.4 is 0 Å². The predicted octanol–water partition coefficient (Wildman–Crippen LogP) is 2.87. The summed E-state index contributed by atoms with van der Waals surface area (Å²) in [6.45, 7) is 7.51. The molecule has 3 heterocycles. The predicted molar refractivity (Wildman–Crippen MR) is 74.7 cm³/mol. The summed E-state index contributed by atoms with van der Waals surface area (Å²) in [7, 11) is 0. The van der Waals surface area contributed by atoms with E-state index in [-0.39, 0.29) is 22.6 Å². The van der Waals surface area contributed by atoms with E-state index in [9.17, 15) is 9.18 Å². The number of hydrogen-bond acceptors (Lipinski definition) is 2. The van der Waals surface area contributed by atoms with Crippen molar-refractivity contribution in [3.63, 3.8) is 0 Å². The summed E-state index contributed by atoms with van der Waals surface area (Å²) in [5, 5.41) is 0.0920. The molecule has 0 N–H and O–H groups in total. The summed E-state index contributed by atoms with van der Waals surface area (Å²) < 4.78 is 16.2. The molecule has 0 spiro atoms. The maximum absolute atomic E-state index is 14.5. The Morgan fingerprint density at radius 1 is 1.42 bits per heavy atom. The van der Waals surface area contributed by atoms with Gasteiger partial charge in [0.25, 0.3) is 5.91 Å². The van der Waals surface area contributed by atoms with Crippen LogP contribution in [0.1, 0.15) is 42.4 Å². The van der Waals surface area contributed by atoms with Crippen molar-refractivity contribution in [3.8, 4) is 0 Å². The van der Waals surface area contributed by atoms with E-state index in [0.29, 0.717) is 18.7 Å². The first-order valence-corrected chi connectivity index (χ1v) is 7.88. The quantitative estimate of drug-likeness (QED) is 0.833. The highest BCUT2D eigenvalue weighted by Gasteiger charge is 2.43. The van der Waals surface area contributed by atoms with Crippen LogP contribution in [0.5, 0.6) is 0 Å². The van der Waals surface area contributed by atoms with Crippen molar-refractivity contribution < 1.29 is 9.18 Å². The van der Waals surface area contributed by atoms with Crippen LogP contribution in [0.25, 0.3) is 0 Å². The lowest BCUT2D eigenvalue weighted by molar-refractivity contribution is 0.0764. The third-order valence-corrected chi connectivity index (χ3v) is 5.17. The Hall–Kier alpha value is -0.970. The number of amides is 1. The molecule has 0 aliphatic carbocycles. The van der Waals surface area contributed by atoms with Crippen LogP contribution in [-0.2, 0) is 19.5 Å². The van der Waals surface area contributed by atoms with Crippen molar-refractivity contribution in [1.82, 2.24) is 9.47 Å². The van der Waals surface area contributed by atoms with Crippen LogP contribution in [0.4, 0.5) is 4.39 Å². The molecule has 1 unspecified atom stereocenters. The number of halogens is 1. The summed E-state index contributed by atoms with van der Waals surface area (Å²) in [6, 6.07) is 0. The van der Waals surface area contributed by atoms with Gasteiger partial charge >= 0.3 is 0 Å². The van der Waals surface area contributed by atoms with Gasteiger partial charge in [0.1, 0.15) is 0 Å². The lowest BCUT2D eigenvalue weighted by atomic mass is 9.90. The average molecular weight is 282 g/mol. The van der Waals surface area contributed by atoms with Crippen molar-refractivity contribution in [2.24, 2.45) is 5.41 Å². The zero-order chi connectivity index (χ0) is 13.9. The maximum atomic E-state index is 14.5. The number of fused-ring (bicyclic) bond motifs is 3. The molecule has 19 heavy (non-hydrogen) atoms. The molecule has 0 bridgehead atoms. The van der Waals surface area contributed by atoms with Crippen molar-refractivity contribution in [2.75, 3.05) is 6.26 Å². The lowest BCUT2D eigenvalue weighted by Gasteiger charge is -2.22. The van der Waals surface area contributed by atoms with Crippen LogP contribution in [0.2, 0.25) is 0 Å². The number of carbonyl (C=O) groups excluding carboxylic acids is 1. The van der Waals surface area contributed by atoms with E-state index in [1.165, 1.54) is 0 Å². The molecule has 0 saturated heterocycles. The van der Waals surface area contributed by atoms with Gasteiger partial charge < -0.3 is 9.47 Å². The van der Waals surface area contributed by atoms with Crippen molar-refractivity contribution in [2.45, 2.75) is 45.7 Å². The third-order valence-electron chi connectivity index (χ3n) is 4.23. The minimum absolute atomic E-state index is 0.0901. The van der Waals surface area contributed by atoms with Crippen LogP contribution in [-0.4, -0.2) is 27.0 Å². The van der Waals surface area contributed by atoms with Crippen LogP contribution in [0, 0.1) is 11.4 Å². The average Bonchev–Trinajstić information content (AvgIpc) is 2.91.